The maximum Gasteiger partial charge on any atom is 0.326 e. The lowest BCUT2D eigenvalue weighted by Gasteiger charge is -1.96. The summed E-state index contributed by atoms with van der Waals surface area (Å²) in [6.45, 7) is 0. The van der Waals surface area contributed by atoms with Gasteiger partial charge in [0.1, 0.15) is 5.70 Å². The summed E-state index contributed by atoms with van der Waals surface area (Å²) in [5.41, 5.74) is 1.27. The topological polar surface area (TPSA) is 58.2 Å². The van der Waals surface area contributed by atoms with Crippen LogP contribution in [0.15, 0.2) is 22.8 Å². The van der Waals surface area contributed by atoms with Crippen LogP contribution in [-0.4, -0.2) is 17.7 Å². The highest BCUT2D eigenvalue weighted by atomic mass is 32.2. The number of imide groups is 1. The molecule has 2 heterocycles. The first-order valence-electron chi connectivity index (χ1n) is 3.41. The van der Waals surface area contributed by atoms with E-state index in [0.29, 0.717) is 5.70 Å². The van der Waals surface area contributed by atoms with E-state index in [2.05, 4.69) is 10.6 Å². The van der Waals surface area contributed by atoms with Crippen molar-refractivity contribution in [2.24, 2.45) is 0 Å². The van der Waals surface area contributed by atoms with E-state index < -0.39 is 6.03 Å². The zero-order chi connectivity index (χ0) is 8.55. The van der Waals surface area contributed by atoms with Crippen LogP contribution in [0.4, 0.5) is 4.79 Å². The molecular weight excluding hydrogens is 176 g/mol. The standard InChI is InChI=1S/C7H6N2O2S/c10-6-5(8-7(11)9-6)4-1-2-12-3-4/h1-2H,3H2,(H2,8,9,10,11). The van der Waals surface area contributed by atoms with E-state index in [1.807, 2.05) is 11.5 Å². The molecule has 0 aromatic rings. The van der Waals surface area contributed by atoms with Gasteiger partial charge in [-0.1, -0.05) is 0 Å². The Bertz CT molecular complexity index is 319. The highest BCUT2D eigenvalue weighted by Gasteiger charge is 2.26. The molecule has 0 atom stereocenters. The predicted molar refractivity (Wildman–Crippen MR) is 45.3 cm³/mol. The monoisotopic (exact) mass is 182 g/mol. The number of carbonyl (C=O) groups is 2. The van der Waals surface area contributed by atoms with E-state index in [9.17, 15) is 9.59 Å². The average molecular weight is 182 g/mol. The maximum absolute atomic E-state index is 11.1. The summed E-state index contributed by atoms with van der Waals surface area (Å²) in [5, 5.41) is 6.52. The van der Waals surface area contributed by atoms with Crippen molar-refractivity contribution in [1.29, 1.82) is 0 Å². The fraction of sp³-hybridized carbons (Fsp3) is 0.143. The van der Waals surface area contributed by atoms with Crippen LogP contribution >= 0.6 is 11.8 Å². The number of carbonyl (C=O) groups excluding carboxylic acids is 2. The number of amides is 3. The van der Waals surface area contributed by atoms with Crippen LogP contribution < -0.4 is 10.6 Å². The van der Waals surface area contributed by atoms with Crippen LogP contribution in [0.5, 0.6) is 0 Å². The van der Waals surface area contributed by atoms with Crippen LogP contribution in [0, 0.1) is 0 Å². The van der Waals surface area contributed by atoms with Crippen molar-refractivity contribution >= 4 is 23.7 Å². The molecule has 4 nitrogen and oxygen atoms in total. The lowest BCUT2D eigenvalue weighted by Crippen LogP contribution is -2.22. The van der Waals surface area contributed by atoms with E-state index in [4.69, 9.17) is 0 Å². The summed E-state index contributed by atoms with van der Waals surface area (Å²) in [6.07, 6.45) is 1.84. The number of rotatable bonds is 0. The van der Waals surface area contributed by atoms with Crippen LogP contribution in [0.1, 0.15) is 0 Å². The molecule has 3 amide bonds. The predicted octanol–water partition coefficient (Wildman–Crippen LogP) is 0.340. The first kappa shape index (κ1) is 7.42. The van der Waals surface area contributed by atoms with Gasteiger partial charge in [-0.3, -0.25) is 10.1 Å². The number of hydrogen-bond acceptors (Lipinski definition) is 3. The molecule has 1 fully saturated rings. The Morgan fingerprint density at radius 1 is 1.33 bits per heavy atom. The Hall–Kier alpha value is -1.23. The zero-order valence-electron chi connectivity index (χ0n) is 6.09. The minimum absolute atomic E-state index is 0.331. The normalized spacial score (nSPS) is 27.7. The number of allylic oxidation sites excluding steroid dienone is 1. The van der Waals surface area contributed by atoms with Crippen LogP contribution in [0.2, 0.25) is 0 Å². The summed E-state index contributed by atoms with van der Waals surface area (Å²) < 4.78 is 0. The Kier molecular flexibility index (Phi) is 1.65. The molecule has 0 aromatic carbocycles. The quantitative estimate of drug-likeness (QED) is 0.419. The van der Waals surface area contributed by atoms with Gasteiger partial charge >= 0.3 is 6.03 Å². The van der Waals surface area contributed by atoms with Crippen molar-refractivity contribution in [3.63, 3.8) is 0 Å². The Morgan fingerprint density at radius 3 is 2.67 bits per heavy atom. The lowest BCUT2D eigenvalue weighted by molar-refractivity contribution is -0.115. The number of nitrogens with one attached hydrogen (secondary N) is 2. The Morgan fingerprint density at radius 2 is 2.17 bits per heavy atom. The van der Waals surface area contributed by atoms with Gasteiger partial charge in [-0.15, -0.1) is 11.8 Å². The van der Waals surface area contributed by atoms with E-state index in [-0.39, 0.29) is 5.91 Å². The van der Waals surface area contributed by atoms with Gasteiger partial charge in [0.2, 0.25) is 0 Å². The number of urea groups is 1. The first-order valence-corrected chi connectivity index (χ1v) is 4.46. The number of thioether (sulfide) groups is 1. The molecular formula is C7H6N2O2S. The summed E-state index contributed by atoms with van der Waals surface area (Å²) in [5.74, 6) is 0.422. The molecule has 0 spiro atoms. The smallest absolute Gasteiger partial charge is 0.303 e. The molecule has 12 heavy (non-hydrogen) atoms. The molecule has 0 aliphatic carbocycles. The third-order valence-corrected chi connectivity index (χ3v) is 2.42. The molecule has 2 N–H and O–H groups in total. The van der Waals surface area contributed by atoms with Crippen LogP contribution in [0.25, 0.3) is 0 Å². The molecule has 0 unspecified atom stereocenters. The minimum atomic E-state index is -0.437. The molecule has 0 saturated carbocycles. The highest BCUT2D eigenvalue weighted by molar-refractivity contribution is 8.02. The van der Waals surface area contributed by atoms with Gasteiger partial charge in [0, 0.05) is 5.75 Å². The molecule has 62 valence electrons. The molecule has 2 aliphatic heterocycles. The SMILES string of the molecule is O=C1NC(=O)C(=C2C=CSC2)N1. The largest absolute Gasteiger partial charge is 0.326 e. The number of hydrogen-bond donors (Lipinski definition) is 2. The molecule has 2 aliphatic rings. The van der Waals surface area contributed by atoms with Crippen LogP contribution in [-0.2, 0) is 4.79 Å². The molecule has 0 radical (unpaired) electrons. The third-order valence-electron chi connectivity index (χ3n) is 1.62. The Labute approximate surface area is 73.1 Å². The Balaban J connectivity index is 2.34. The molecule has 2 rings (SSSR count). The maximum atomic E-state index is 11.1. The molecule has 1 saturated heterocycles. The van der Waals surface area contributed by atoms with Gasteiger partial charge in [-0.25, -0.2) is 4.79 Å². The highest BCUT2D eigenvalue weighted by Crippen LogP contribution is 2.22. The van der Waals surface area contributed by atoms with Gasteiger partial charge in [-0.2, -0.15) is 0 Å². The van der Waals surface area contributed by atoms with Crippen molar-refractivity contribution in [2.45, 2.75) is 0 Å². The van der Waals surface area contributed by atoms with Gasteiger partial charge < -0.3 is 5.32 Å². The van der Waals surface area contributed by atoms with Crippen molar-refractivity contribution < 1.29 is 9.59 Å². The van der Waals surface area contributed by atoms with E-state index in [0.717, 1.165) is 11.3 Å². The van der Waals surface area contributed by atoms with Gasteiger partial charge in [-0.05, 0) is 17.1 Å². The van der Waals surface area contributed by atoms with E-state index in [1.54, 1.807) is 11.8 Å². The fourth-order valence-corrected chi connectivity index (χ4v) is 1.84. The van der Waals surface area contributed by atoms with Gasteiger partial charge in [0.15, 0.2) is 0 Å². The minimum Gasteiger partial charge on any atom is -0.303 e. The van der Waals surface area contributed by atoms with Crippen LogP contribution in [0.3, 0.4) is 0 Å². The second-order valence-electron chi connectivity index (χ2n) is 2.42. The lowest BCUT2D eigenvalue weighted by atomic mass is 10.2. The van der Waals surface area contributed by atoms with E-state index >= 15 is 0 Å². The second-order valence-corrected chi connectivity index (χ2v) is 3.32. The van der Waals surface area contributed by atoms with Gasteiger partial charge in [0.25, 0.3) is 5.91 Å². The molecule has 0 bridgehead atoms. The van der Waals surface area contributed by atoms with Crippen molar-refractivity contribution in [2.75, 3.05) is 5.75 Å². The average Bonchev–Trinajstić information content (AvgIpc) is 2.58. The zero-order valence-corrected chi connectivity index (χ0v) is 6.90. The summed E-state index contributed by atoms with van der Waals surface area (Å²) in [7, 11) is 0. The third kappa shape index (κ3) is 1.12. The molecule has 0 aromatic heterocycles. The summed E-state index contributed by atoms with van der Waals surface area (Å²) in [4.78, 5) is 21.8. The van der Waals surface area contributed by atoms with Crippen molar-refractivity contribution in [3.05, 3.63) is 22.8 Å². The summed E-state index contributed by atoms with van der Waals surface area (Å²) >= 11 is 1.60. The molecule has 5 heteroatoms. The summed E-state index contributed by atoms with van der Waals surface area (Å²) in [6, 6.07) is -0.437. The van der Waals surface area contributed by atoms with Crippen molar-refractivity contribution in [1.82, 2.24) is 10.6 Å². The fourth-order valence-electron chi connectivity index (χ4n) is 1.07. The first-order chi connectivity index (χ1) is 5.77. The second kappa shape index (κ2) is 2.67. The van der Waals surface area contributed by atoms with E-state index in [1.165, 1.54) is 0 Å². The van der Waals surface area contributed by atoms with Gasteiger partial charge in [0.05, 0.1) is 0 Å². The van der Waals surface area contributed by atoms with Crippen molar-refractivity contribution in [3.8, 4) is 0 Å².